The standard InChI is InChI=1S/C24H35N5O3/c1-17-20(15-27-10-7-19(30)8-11-27)24-25-9-6-21(29(24)26-17)22-16-28(12-13-32-22)23(31)14-18-4-2-3-5-18/h6,9,18-19,22,30H,2-5,7-8,10-16H2,1H3/t22-/m0/s1. The third-order valence-corrected chi connectivity index (χ3v) is 7.47. The van der Waals surface area contributed by atoms with E-state index in [1.165, 1.54) is 25.7 Å². The van der Waals surface area contributed by atoms with Crippen molar-refractivity contribution in [3.8, 4) is 0 Å². The zero-order valence-electron chi connectivity index (χ0n) is 19.1. The predicted octanol–water partition coefficient (Wildman–Crippen LogP) is 2.47. The van der Waals surface area contributed by atoms with E-state index in [0.29, 0.717) is 32.0 Å². The summed E-state index contributed by atoms with van der Waals surface area (Å²) < 4.78 is 8.03. The van der Waals surface area contributed by atoms with E-state index in [0.717, 1.165) is 55.1 Å². The molecule has 1 atom stereocenters. The molecule has 0 spiro atoms. The van der Waals surface area contributed by atoms with Gasteiger partial charge in [0.15, 0.2) is 5.65 Å². The van der Waals surface area contributed by atoms with Crippen molar-refractivity contribution in [1.29, 1.82) is 0 Å². The van der Waals surface area contributed by atoms with Gasteiger partial charge in [-0.2, -0.15) is 5.10 Å². The highest BCUT2D eigenvalue weighted by Crippen LogP contribution is 2.30. The first kappa shape index (κ1) is 21.8. The molecule has 2 saturated heterocycles. The number of nitrogens with zero attached hydrogens (tertiary/aromatic N) is 5. The van der Waals surface area contributed by atoms with Gasteiger partial charge < -0.3 is 14.7 Å². The monoisotopic (exact) mass is 441 g/mol. The van der Waals surface area contributed by atoms with Crippen molar-refractivity contribution in [3.05, 3.63) is 29.2 Å². The van der Waals surface area contributed by atoms with Crippen LogP contribution in [0.3, 0.4) is 0 Å². The molecule has 174 valence electrons. The molecule has 5 rings (SSSR count). The number of hydrogen-bond donors (Lipinski definition) is 1. The van der Waals surface area contributed by atoms with Gasteiger partial charge in [0.1, 0.15) is 6.10 Å². The summed E-state index contributed by atoms with van der Waals surface area (Å²) in [6.07, 6.45) is 8.67. The second-order valence-corrected chi connectivity index (χ2v) is 9.73. The molecule has 8 nitrogen and oxygen atoms in total. The Morgan fingerprint density at radius 1 is 1.19 bits per heavy atom. The van der Waals surface area contributed by atoms with Gasteiger partial charge in [0.25, 0.3) is 0 Å². The van der Waals surface area contributed by atoms with Crippen LogP contribution < -0.4 is 0 Å². The largest absolute Gasteiger partial charge is 0.393 e. The number of ether oxygens (including phenoxy) is 1. The molecule has 0 aromatic carbocycles. The van der Waals surface area contributed by atoms with Crippen LogP contribution in [0.5, 0.6) is 0 Å². The molecule has 32 heavy (non-hydrogen) atoms. The van der Waals surface area contributed by atoms with Crippen LogP contribution in [0, 0.1) is 12.8 Å². The molecular weight excluding hydrogens is 406 g/mol. The summed E-state index contributed by atoms with van der Waals surface area (Å²) in [7, 11) is 0. The van der Waals surface area contributed by atoms with Gasteiger partial charge in [0.05, 0.1) is 30.6 Å². The number of aromatic nitrogens is 3. The van der Waals surface area contributed by atoms with Crippen molar-refractivity contribution in [2.24, 2.45) is 5.92 Å². The van der Waals surface area contributed by atoms with E-state index >= 15 is 0 Å². The summed E-state index contributed by atoms with van der Waals surface area (Å²) in [6.45, 7) is 6.39. The van der Waals surface area contributed by atoms with Crippen LogP contribution in [0.15, 0.2) is 12.3 Å². The van der Waals surface area contributed by atoms with E-state index in [-0.39, 0.29) is 18.1 Å². The van der Waals surface area contributed by atoms with Crippen LogP contribution in [-0.4, -0.2) is 74.3 Å². The molecule has 2 aromatic rings. The Labute approximate surface area is 189 Å². The van der Waals surface area contributed by atoms with Gasteiger partial charge in [-0.3, -0.25) is 9.69 Å². The lowest BCUT2D eigenvalue weighted by molar-refractivity contribution is -0.140. The summed E-state index contributed by atoms with van der Waals surface area (Å²) in [5.41, 5.74) is 3.93. The first-order valence-electron chi connectivity index (χ1n) is 12.2. The van der Waals surface area contributed by atoms with Crippen molar-refractivity contribution in [2.75, 3.05) is 32.8 Å². The molecule has 1 saturated carbocycles. The molecule has 2 aromatic heterocycles. The van der Waals surface area contributed by atoms with Crippen LogP contribution in [0.4, 0.5) is 0 Å². The number of likely N-dealkylation sites (tertiary alicyclic amines) is 1. The summed E-state index contributed by atoms with van der Waals surface area (Å²) in [6, 6.07) is 1.97. The van der Waals surface area contributed by atoms with Gasteiger partial charge in [0.2, 0.25) is 5.91 Å². The highest BCUT2D eigenvalue weighted by molar-refractivity contribution is 5.76. The molecule has 3 aliphatic rings. The van der Waals surface area contributed by atoms with E-state index in [2.05, 4.69) is 9.88 Å². The number of amides is 1. The zero-order chi connectivity index (χ0) is 22.1. The third-order valence-electron chi connectivity index (χ3n) is 7.47. The Kier molecular flexibility index (Phi) is 6.44. The number of fused-ring (bicyclic) bond motifs is 1. The fourth-order valence-corrected chi connectivity index (χ4v) is 5.49. The Hall–Kier alpha value is -2.03. The molecule has 0 unspecified atom stereocenters. The number of carbonyl (C=O) groups is 1. The van der Waals surface area contributed by atoms with Crippen molar-refractivity contribution in [2.45, 2.75) is 70.6 Å². The minimum absolute atomic E-state index is 0.177. The number of piperidine rings is 1. The lowest BCUT2D eigenvalue weighted by Gasteiger charge is -2.33. The second kappa shape index (κ2) is 9.45. The van der Waals surface area contributed by atoms with E-state index in [1.807, 2.05) is 28.6 Å². The molecule has 1 amide bonds. The highest BCUT2D eigenvalue weighted by atomic mass is 16.5. The van der Waals surface area contributed by atoms with Crippen molar-refractivity contribution >= 4 is 11.6 Å². The lowest BCUT2D eigenvalue weighted by Crippen LogP contribution is -2.43. The Morgan fingerprint density at radius 2 is 1.97 bits per heavy atom. The first-order valence-corrected chi connectivity index (χ1v) is 12.2. The fourth-order valence-electron chi connectivity index (χ4n) is 5.49. The van der Waals surface area contributed by atoms with Crippen LogP contribution in [0.2, 0.25) is 0 Å². The Morgan fingerprint density at radius 3 is 2.75 bits per heavy atom. The van der Waals surface area contributed by atoms with Crippen molar-refractivity contribution < 1.29 is 14.6 Å². The molecule has 0 radical (unpaired) electrons. The average Bonchev–Trinajstić information content (AvgIpc) is 3.43. The Bertz CT molecular complexity index is 947. The molecule has 1 N–H and O–H groups in total. The van der Waals surface area contributed by atoms with Gasteiger partial charge in [-0.1, -0.05) is 12.8 Å². The van der Waals surface area contributed by atoms with E-state index < -0.39 is 0 Å². The number of hydrogen-bond acceptors (Lipinski definition) is 6. The van der Waals surface area contributed by atoms with E-state index in [4.69, 9.17) is 9.84 Å². The average molecular weight is 442 g/mol. The van der Waals surface area contributed by atoms with Gasteiger partial charge in [0, 0.05) is 44.4 Å². The maximum atomic E-state index is 12.9. The second-order valence-electron chi connectivity index (χ2n) is 9.73. The lowest BCUT2D eigenvalue weighted by atomic mass is 10.0. The molecule has 8 heteroatoms. The minimum atomic E-state index is -0.195. The van der Waals surface area contributed by atoms with E-state index in [9.17, 15) is 9.90 Å². The number of aliphatic hydroxyl groups excluding tert-OH is 1. The molecule has 0 bridgehead atoms. The van der Waals surface area contributed by atoms with Crippen LogP contribution in [-0.2, 0) is 16.1 Å². The number of morpholine rings is 1. The number of aliphatic hydroxyl groups is 1. The SMILES string of the molecule is Cc1nn2c([C@@H]3CN(C(=O)CC4CCCC4)CCO3)ccnc2c1CN1CCC(O)CC1. The zero-order valence-corrected chi connectivity index (χ0v) is 19.1. The third kappa shape index (κ3) is 4.54. The smallest absolute Gasteiger partial charge is 0.223 e. The van der Waals surface area contributed by atoms with Crippen LogP contribution in [0.25, 0.3) is 5.65 Å². The maximum Gasteiger partial charge on any atom is 0.223 e. The van der Waals surface area contributed by atoms with Crippen LogP contribution >= 0.6 is 0 Å². The van der Waals surface area contributed by atoms with Gasteiger partial charge in [-0.15, -0.1) is 0 Å². The number of aryl methyl sites for hydroxylation is 1. The molecule has 4 heterocycles. The minimum Gasteiger partial charge on any atom is -0.393 e. The summed E-state index contributed by atoms with van der Waals surface area (Å²) in [5, 5.41) is 14.6. The first-order chi connectivity index (χ1) is 15.6. The summed E-state index contributed by atoms with van der Waals surface area (Å²) in [4.78, 5) is 21.9. The van der Waals surface area contributed by atoms with Gasteiger partial charge >= 0.3 is 0 Å². The topological polar surface area (TPSA) is 83.2 Å². The van der Waals surface area contributed by atoms with Crippen molar-refractivity contribution in [3.63, 3.8) is 0 Å². The highest BCUT2D eigenvalue weighted by Gasteiger charge is 2.30. The summed E-state index contributed by atoms with van der Waals surface area (Å²) in [5.74, 6) is 0.823. The Balaban J connectivity index is 1.33. The fraction of sp³-hybridized carbons (Fsp3) is 0.708. The predicted molar refractivity (Wildman–Crippen MR) is 120 cm³/mol. The molecule has 3 fully saturated rings. The summed E-state index contributed by atoms with van der Waals surface area (Å²) >= 11 is 0. The number of rotatable bonds is 5. The molecule has 2 aliphatic heterocycles. The quantitative estimate of drug-likeness (QED) is 0.768. The maximum absolute atomic E-state index is 12.9. The van der Waals surface area contributed by atoms with Crippen LogP contribution in [0.1, 0.15) is 68.0 Å². The van der Waals surface area contributed by atoms with Crippen molar-refractivity contribution in [1.82, 2.24) is 24.4 Å². The van der Waals surface area contributed by atoms with Gasteiger partial charge in [-0.05, 0) is 44.6 Å². The molecule has 1 aliphatic carbocycles. The number of carbonyl (C=O) groups excluding carboxylic acids is 1. The van der Waals surface area contributed by atoms with Gasteiger partial charge in [-0.25, -0.2) is 9.50 Å². The normalized spacial score (nSPS) is 23.9. The molecular formula is C24H35N5O3. The van der Waals surface area contributed by atoms with E-state index in [1.54, 1.807) is 0 Å².